The lowest BCUT2D eigenvalue weighted by Crippen LogP contribution is -2.32. The van der Waals surface area contributed by atoms with E-state index in [2.05, 4.69) is 25.9 Å². The Morgan fingerprint density at radius 3 is 1.50 bits per heavy atom. The van der Waals surface area contributed by atoms with E-state index in [1.54, 1.807) is 0 Å². The highest BCUT2D eigenvalue weighted by molar-refractivity contribution is 4.64. The third kappa shape index (κ3) is 16.0. The van der Waals surface area contributed by atoms with Crippen LogP contribution in [0.4, 0.5) is 0 Å². The first-order chi connectivity index (χ1) is 9.66. The summed E-state index contributed by atoms with van der Waals surface area (Å²) in [6.07, 6.45) is 18.2. The largest absolute Gasteiger partial charge is 0.327 e. The van der Waals surface area contributed by atoms with Gasteiger partial charge in [-0.25, -0.2) is 0 Å². The molecule has 0 saturated carbocycles. The van der Waals surface area contributed by atoms with Crippen molar-refractivity contribution in [2.75, 3.05) is 20.6 Å². The molecule has 0 bridgehead atoms. The molecule has 0 aromatic carbocycles. The molecule has 20 heavy (non-hydrogen) atoms. The maximum absolute atomic E-state index is 6.06. The predicted molar refractivity (Wildman–Crippen MR) is 92.2 cm³/mol. The Balaban J connectivity index is 3.06. The van der Waals surface area contributed by atoms with Crippen LogP contribution in [0.3, 0.4) is 0 Å². The van der Waals surface area contributed by atoms with Crippen LogP contribution in [0.1, 0.15) is 90.4 Å². The van der Waals surface area contributed by atoms with Crippen LogP contribution in [0.15, 0.2) is 0 Å². The number of nitrogens with zero attached hydrogens (tertiary/aromatic N) is 1. The van der Waals surface area contributed by atoms with Gasteiger partial charge in [0.2, 0.25) is 0 Å². The van der Waals surface area contributed by atoms with Crippen LogP contribution in [0, 0.1) is 0 Å². The van der Waals surface area contributed by atoms with Gasteiger partial charge in [0, 0.05) is 12.6 Å². The fraction of sp³-hybridized carbons (Fsp3) is 1.00. The molecule has 0 saturated heterocycles. The molecule has 0 aliphatic rings. The minimum Gasteiger partial charge on any atom is -0.327 e. The van der Waals surface area contributed by atoms with Crippen LogP contribution in [0.25, 0.3) is 0 Å². The summed E-state index contributed by atoms with van der Waals surface area (Å²) in [4.78, 5) is 2.19. The Kier molecular flexibility index (Phi) is 15.3. The van der Waals surface area contributed by atoms with Crippen molar-refractivity contribution in [3.8, 4) is 0 Å². The van der Waals surface area contributed by atoms with Crippen LogP contribution in [0.5, 0.6) is 0 Å². The van der Waals surface area contributed by atoms with Gasteiger partial charge in [-0.2, -0.15) is 0 Å². The van der Waals surface area contributed by atoms with E-state index in [1.807, 2.05) is 0 Å². The van der Waals surface area contributed by atoms with Crippen molar-refractivity contribution >= 4 is 0 Å². The van der Waals surface area contributed by atoms with Gasteiger partial charge >= 0.3 is 0 Å². The summed E-state index contributed by atoms with van der Waals surface area (Å²) in [7, 11) is 4.20. The van der Waals surface area contributed by atoms with E-state index >= 15 is 0 Å². The zero-order valence-electron chi connectivity index (χ0n) is 14.5. The van der Waals surface area contributed by atoms with Gasteiger partial charge in [-0.3, -0.25) is 0 Å². The SMILES string of the molecule is CCCCCCCCCCCCCCC(N)CN(C)C. The zero-order chi connectivity index (χ0) is 15.1. The lowest BCUT2D eigenvalue weighted by molar-refractivity contribution is 0.357. The lowest BCUT2D eigenvalue weighted by Gasteiger charge is -2.16. The molecule has 0 aliphatic heterocycles. The number of nitrogens with two attached hydrogens (primary N) is 1. The Hall–Kier alpha value is -0.0800. The van der Waals surface area contributed by atoms with Gasteiger partial charge in [0.15, 0.2) is 0 Å². The maximum Gasteiger partial charge on any atom is 0.0167 e. The number of hydrogen-bond acceptors (Lipinski definition) is 2. The molecule has 0 rings (SSSR count). The number of hydrogen-bond donors (Lipinski definition) is 1. The molecule has 0 aromatic rings. The molecule has 0 radical (unpaired) electrons. The summed E-state index contributed by atoms with van der Waals surface area (Å²) in [5, 5.41) is 0. The van der Waals surface area contributed by atoms with E-state index in [0.717, 1.165) is 6.54 Å². The lowest BCUT2D eigenvalue weighted by atomic mass is 10.0. The summed E-state index contributed by atoms with van der Waals surface area (Å²) >= 11 is 0. The molecule has 2 heteroatoms. The van der Waals surface area contributed by atoms with Gasteiger partial charge in [-0.05, 0) is 20.5 Å². The van der Waals surface area contributed by atoms with Crippen molar-refractivity contribution in [1.82, 2.24) is 4.90 Å². The van der Waals surface area contributed by atoms with Crippen molar-refractivity contribution < 1.29 is 0 Å². The smallest absolute Gasteiger partial charge is 0.0167 e. The summed E-state index contributed by atoms with van der Waals surface area (Å²) in [6, 6.07) is 0.369. The summed E-state index contributed by atoms with van der Waals surface area (Å²) in [5.41, 5.74) is 6.06. The Morgan fingerprint density at radius 1 is 0.700 bits per heavy atom. The fourth-order valence-corrected chi connectivity index (χ4v) is 2.81. The highest BCUT2D eigenvalue weighted by Gasteiger charge is 2.03. The molecule has 1 atom stereocenters. The van der Waals surface area contributed by atoms with E-state index < -0.39 is 0 Å². The van der Waals surface area contributed by atoms with Gasteiger partial charge in [0.05, 0.1) is 0 Å². The molecule has 0 heterocycles. The van der Waals surface area contributed by atoms with Gasteiger partial charge < -0.3 is 10.6 Å². The first kappa shape index (κ1) is 19.9. The predicted octanol–water partition coefficient (Wildman–Crippen LogP) is 4.97. The van der Waals surface area contributed by atoms with Crippen molar-refractivity contribution in [1.29, 1.82) is 0 Å². The van der Waals surface area contributed by atoms with Crippen molar-refractivity contribution in [3.05, 3.63) is 0 Å². The first-order valence-electron chi connectivity index (χ1n) is 9.07. The van der Waals surface area contributed by atoms with Crippen molar-refractivity contribution in [2.24, 2.45) is 5.73 Å². The average Bonchev–Trinajstić information content (AvgIpc) is 2.39. The second-order valence-corrected chi connectivity index (χ2v) is 6.70. The van der Waals surface area contributed by atoms with Crippen molar-refractivity contribution in [3.63, 3.8) is 0 Å². The molecule has 0 amide bonds. The number of likely N-dealkylation sites (N-methyl/N-ethyl adjacent to an activating group) is 1. The van der Waals surface area contributed by atoms with Gasteiger partial charge in [0.25, 0.3) is 0 Å². The average molecular weight is 285 g/mol. The van der Waals surface area contributed by atoms with E-state index in [4.69, 9.17) is 5.73 Å². The Bertz CT molecular complexity index is 180. The molecular weight excluding hydrogens is 244 g/mol. The summed E-state index contributed by atoms with van der Waals surface area (Å²) in [5.74, 6) is 0. The van der Waals surface area contributed by atoms with Gasteiger partial charge in [0.1, 0.15) is 0 Å². The molecule has 122 valence electrons. The van der Waals surface area contributed by atoms with Crippen LogP contribution >= 0.6 is 0 Å². The highest BCUT2D eigenvalue weighted by atomic mass is 15.1. The third-order valence-corrected chi connectivity index (χ3v) is 4.03. The molecular formula is C18H40N2. The normalized spacial score (nSPS) is 13.1. The maximum atomic E-state index is 6.06. The summed E-state index contributed by atoms with van der Waals surface area (Å²) < 4.78 is 0. The first-order valence-corrected chi connectivity index (χ1v) is 9.07. The second-order valence-electron chi connectivity index (χ2n) is 6.70. The molecule has 0 aromatic heterocycles. The van der Waals surface area contributed by atoms with Crippen LogP contribution in [0.2, 0.25) is 0 Å². The van der Waals surface area contributed by atoms with Gasteiger partial charge in [-0.1, -0.05) is 84.0 Å². The fourth-order valence-electron chi connectivity index (χ4n) is 2.81. The minimum atomic E-state index is 0.369. The molecule has 0 spiro atoms. The molecule has 0 aliphatic carbocycles. The molecule has 2 N–H and O–H groups in total. The Labute approximate surface area is 128 Å². The molecule has 1 unspecified atom stereocenters. The van der Waals surface area contributed by atoms with E-state index in [1.165, 1.54) is 83.5 Å². The van der Waals surface area contributed by atoms with Gasteiger partial charge in [-0.15, -0.1) is 0 Å². The summed E-state index contributed by atoms with van der Waals surface area (Å²) in [6.45, 7) is 3.31. The topological polar surface area (TPSA) is 29.3 Å². The number of rotatable bonds is 15. The Morgan fingerprint density at radius 2 is 1.10 bits per heavy atom. The second kappa shape index (κ2) is 15.3. The molecule has 0 fully saturated rings. The highest BCUT2D eigenvalue weighted by Crippen LogP contribution is 2.12. The monoisotopic (exact) mass is 284 g/mol. The van der Waals surface area contributed by atoms with Crippen molar-refractivity contribution in [2.45, 2.75) is 96.4 Å². The van der Waals surface area contributed by atoms with E-state index in [0.29, 0.717) is 6.04 Å². The van der Waals surface area contributed by atoms with Crippen LogP contribution < -0.4 is 5.73 Å². The number of unbranched alkanes of at least 4 members (excludes halogenated alkanes) is 11. The van der Waals surface area contributed by atoms with E-state index in [9.17, 15) is 0 Å². The third-order valence-electron chi connectivity index (χ3n) is 4.03. The molecule has 2 nitrogen and oxygen atoms in total. The van der Waals surface area contributed by atoms with Crippen LogP contribution in [-0.2, 0) is 0 Å². The quantitative estimate of drug-likeness (QED) is 0.430. The zero-order valence-corrected chi connectivity index (χ0v) is 14.5. The standard InChI is InChI=1S/C18H40N2/c1-4-5-6-7-8-9-10-11-12-13-14-15-16-18(19)17-20(2)3/h18H,4-17,19H2,1-3H3. The van der Waals surface area contributed by atoms with Crippen LogP contribution in [-0.4, -0.2) is 31.6 Å². The minimum absolute atomic E-state index is 0.369. The van der Waals surface area contributed by atoms with E-state index in [-0.39, 0.29) is 0 Å².